The van der Waals surface area contributed by atoms with E-state index in [1.807, 2.05) is 30.3 Å². The molecule has 2 N–H and O–H groups in total. The van der Waals surface area contributed by atoms with Crippen molar-refractivity contribution in [2.24, 2.45) is 0 Å². The summed E-state index contributed by atoms with van der Waals surface area (Å²) in [5.74, 6) is -1.61. The lowest BCUT2D eigenvalue weighted by molar-refractivity contribution is -0.384. The Bertz CT molecular complexity index is 1250. The van der Waals surface area contributed by atoms with E-state index in [0.717, 1.165) is 17.3 Å². The van der Waals surface area contributed by atoms with Crippen LogP contribution in [0.1, 0.15) is 18.4 Å². The molecule has 2 aromatic rings. The number of anilines is 1. The van der Waals surface area contributed by atoms with Crippen LogP contribution in [0.2, 0.25) is 0 Å². The molecule has 1 aliphatic heterocycles. The van der Waals surface area contributed by atoms with Gasteiger partial charge in [0.15, 0.2) is 0 Å². The van der Waals surface area contributed by atoms with Gasteiger partial charge in [-0.2, -0.15) is 5.26 Å². The molecule has 3 rings (SSSR count). The van der Waals surface area contributed by atoms with Gasteiger partial charge in [0.1, 0.15) is 6.61 Å². The number of non-ortho nitro benzene ring substituents is 1. The number of rotatable bonds is 9. The zero-order valence-electron chi connectivity index (χ0n) is 18.8. The van der Waals surface area contributed by atoms with Gasteiger partial charge in [-0.15, -0.1) is 0 Å². The van der Waals surface area contributed by atoms with Gasteiger partial charge in [0.05, 0.1) is 38.8 Å². The van der Waals surface area contributed by atoms with E-state index in [0.29, 0.717) is 27.6 Å². The summed E-state index contributed by atoms with van der Waals surface area (Å²) in [6, 6.07) is 16.8. The van der Waals surface area contributed by atoms with Crippen LogP contribution < -0.4 is 10.6 Å². The fourth-order valence-electron chi connectivity index (χ4n) is 3.49. The Labute approximate surface area is 206 Å². The summed E-state index contributed by atoms with van der Waals surface area (Å²) in [7, 11) is 0. The number of carbonyl (C=O) groups excluding carboxylic acids is 2. The van der Waals surface area contributed by atoms with Gasteiger partial charge >= 0.3 is 5.97 Å². The number of dihydropyridines is 1. The van der Waals surface area contributed by atoms with Crippen LogP contribution in [0.25, 0.3) is 0 Å². The van der Waals surface area contributed by atoms with Crippen molar-refractivity contribution in [3.05, 3.63) is 105 Å². The molecule has 0 saturated carbocycles. The summed E-state index contributed by atoms with van der Waals surface area (Å²) in [6.07, 6.45) is 1.47. The highest BCUT2D eigenvalue weighted by Crippen LogP contribution is 2.40. The third-order valence-corrected chi connectivity index (χ3v) is 6.06. The molecule has 0 aromatic heterocycles. The maximum absolute atomic E-state index is 12.8. The van der Waals surface area contributed by atoms with Gasteiger partial charge in [-0.25, -0.2) is 4.79 Å². The second-order valence-corrected chi connectivity index (χ2v) is 8.38. The second kappa shape index (κ2) is 11.7. The van der Waals surface area contributed by atoms with E-state index in [4.69, 9.17) is 4.74 Å². The summed E-state index contributed by atoms with van der Waals surface area (Å²) in [5, 5.41) is 27.0. The van der Waals surface area contributed by atoms with Crippen LogP contribution in [0.15, 0.2) is 89.1 Å². The monoisotopic (exact) mass is 490 g/mol. The summed E-state index contributed by atoms with van der Waals surface area (Å²) in [4.78, 5) is 35.6. The van der Waals surface area contributed by atoms with Gasteiger partial charge in [0, 0.05) is 23.5 Å². The molecule has 0 radical (unpaired) electrons. The van der Waals surface area contributed by atoms with Crippen molar-refractivity contribution in [3.8, 4) is 6.07 Å². The summed E-state index contributed by atoms with van der Waals surface area (Å²) < 4.78 is 5.27. The fraction of sp³-hybridized carbons (Fsp3) is 0.160. The van der Waals surface area contributed by atoms with E-state index in [1.54, 1.807) is 6.92 Å². The van der Waals surface area contributed by atoms with Crippen molar-refractivity contribution in [1.29, 1.82) is 5.26 Å². The van der Waals surface area contributed by atoms with Crippen molar-refractivity contribution in [2.45, 2.75) is 12.8 Å². The standard InChI is InChI=1S/C25H22N4O5S/c1-3-13-34-25(31)22-16(2)27-24(20(14-26)23(22)17-7-5-4-6-8-17)35-15-21(30)28-18-9-11-19(12-10-18)29(32)33/h3-12,23,27H,1,13,15H2,2H3,(H,28,30)/t23-/m1/s1. The average Bonchev–Trinajstić information content (AvgIpc) is 2.86. The number of allylic oxidation sites excluding steroid dienone is 2. The Morgan fingerprint density at radius 1 is 1.26 bits per heavy atom. The highest BCUT2D eigenvalue weighted by Gasteiger charge is 2.35. The van der Waals surface area contributed by atoms with Gasteiger partial charge in [-0.1, -0.05) is 54.7 Å². The summed E-state index contributed by atoms with van der Waals surface area (Å²) in [6.45, 7) is 5.31. The molecule has 35 heavy (non-hydrogen) atoms. The molecule has 1 atom stereocenters. The Morgan fingerprint density at radius 2 is 1.94 bits per heavy atom. The van der Waals surface area contributed by atoms with E-state index < -0.39 is 16.8 Å². The molecular weight excluding hydrogens is 468 g/mol. The van der Waals surface area contributed by atoms with Gasteiger partial charge in [-0.3, -0.25) is 14.9 Å². The van der Waals surface area contributed by atoms with Crippen molar-refractivity contribution in [3.63, 3.8) is 0 Å². The maximum atomic E-state index is 12.8. The van der Waals surface area contributed by atoms with E-state index in [-0.39, 0.29) is 24.0 Å². The van der Waals surface area contributed by atoms with Crippen LogP contribution in [0.4, 0.5) is 11.4 Å². The first-order chi connectivity index (χ1) is 16.8. The first-order valence-corrected chi connectivity index (χ1v) is 11.5. The van der Waals surface area contributed by atoms with Crippen LogP contribution >= 0.6 is 11.8 Å². The second-order valence-electron chi connectivity index (χ2n) is 7.39. The van der Waals surface area contributed by atoms with Gasteiger partial charge in [0.2, 0.25) is 5.91 Å². The third-order valence-electron chi connectivity index (χ3n) is 5.04. The number of thioether (sulfide) groups is 1. The fourth-order valence-corrected chi connectivity index (χ4v) is 4.38. The zero-order chi connectivity index (χ0) is 25.4. The average molecular weight is 491 g/mol. The molecular formula is C25H22N4O5S. The minimum absolute atomic E-state index is 0.0322. The van der Waals surface area contributed by atoms with Crippen LogP contribution in [0, 0.1) is 21.4 Å². The van der Waals surface area contributed by atoms with E-state index in [2.05, 4.69) is 23.3 Å². The van der Waals surface area contributed by atoms with E-state index in [1.165, 1.54) is 30.3 Å². The van der Waals surface area contributed by atoms with Gasteiger partial charge in [-0.05, 0) is 24.6 Å². The molecule has 0 unspecified atom stereocenters. The molecule has 0 spiro atoms. The van der Waals surface area contributed by atoms with Gasteiger partial charge in [0.25, 0.3) is 5.69 Å². The molecule has 1 aliphatic rings. The molecule has 1 amide bonds. The largest absolute Gasteiger partial charge is 0.458 e. The Balaban J connectivity index is 1.83. The van der Waals surface area contributed by atoms with Crippen molar-refractivity contribution >= 4 is 35.0 Å². The molecule has 10 heteroatoms. The smallest absolute Gasteiger partial charge is 0.337 e. The number of carbonyl (C=O) groups is 2. The number of nitriles is 1. The molecule has 178 valence electrons. The molecule has 0 bridgehead atoms. The number of nitro groups is 1. The third kappa shape index (κ3) is 6.16. The quantitative estimate of drug-likeness (QED) is 0.229. The molecule has 9 nitrogen and oxygen atoms in total. The molecule has 0 fully saturated rings. The Kier molecular flexibility index (Phi) is 8.43. The molecule has 2 aromatic carbocycles. The molecule has 0 aliphatic carbocycles. The van der Waals surface area contributed by atoms with Crippen LogP contribution in [0.3, 0.4) is 0 Å². The van der Waals surface area contributed by atoms with Crippen LogP contribution in [0.5, 0.6) is 0 Å². The van der Waals surface area contributed by atoms with Crippen molar-refractivity contribution in [1.82, 2.24) is 5.32 Å². The lowest BCUT2D eigenvalue weighted by Gasteiger charge is -2.29. The SMILES string of the molecule is C=CCOC(=O)C1=C(C)NC(SCC(=O)Nc2ccc([N+](=O)[O-])cc2)=C(C#N)[C@H]1c1ccccc1. The predicted molar refractivity (Wildman–Crippen MR) is 133 cm³/mol. The van der Waals surface area contributed by atoms with Gasteiger partial charge < -0.3 is 15.4 Å². The lowest BCUT2D eigenvalue weighted by atomic mass is 9.82. The number of nitrogens with one attached hydrogen (secondary N) is 2. The van der Waals surface area contributed by atoms with Crippen LogP contribution in [-0.2, 0) is 14.3 Å². The number of esters is 1. The number of hydrogen-bond acceptors (Lipinski definition) is 8. The lowest BCUT2D eigenvalue weighted by Crippen LogP contribution is -2.29. The van der Waals surface area contributed by atoms with E-state index >= 15 is 0 Å². The molecule has 1 heterocycles. The van der Waals surface area contributed by atoms with E-state index in [9.17, 15) is 25.0 Å². The van der Waals surface area contributed by atoms with Crippen LogP contribution in [-0.4, -0.2) is 29.2 Å². The van der Waals surface area contributed by atoms with Crippen molar-refractivity contribution in [2.75, 3.05) is 17.7 Å². The first kappa shape index (κ1) is 25.3. The Hall–Kier alpha value is -4.36. The topological polar surface area (TPSA) is 134 Å². The predicted octanol–water partition coefficient (Wildman–Crippen LogP) is 4.39. The maximum Gasteiger partial charge on any atom is 0.337 e. The first-order valence-electron chi connectivity index (χ1n) is 10.5. The number of hydrogen-bond donors (Lipinski definition) is 2. The number of nitrogens with zero attached hydrogens (tertiary/aromatic N) is 2. The normalized spacial score (nSPS) is 15.0. The highest BCUT2D eigenvalue weighted by atomic mass is 32.2. The number of amides is 1. The zero-order valence-corrected chi connectivity index (χ0v) is 19.6. The summed E-state index contributed by atoms with van der Waals surface area (Å²) in [5.41, 5.74) is 2.20. The molecule has 0 saturated heterocycles. The van der Waals surface area contributed by atoms with Crippen molar-refractivity contribution < 1.29 is 19.2 Å². The minimum atomic E-state index is -0.667. The number of benzene rings is 2. The minimum Gasteiger partial charge on any atom is -0.458 e. The Morgan fingerprint density at radius 3 is 2.54 bits per heavy atom. The number of ether oxygens (including phenoxy) is 1. The number of nitro benzene ring substituents is 1. The highest BCUT2D eigenvalue weighted by molar-refractivity contribution is 8.03. The summed E-state index contributed by atoms with van der Waals surface area (Å²) >= 11 is 1.12.